The van der Waals surface area contributed by atoms with Crippen LogP contribution in [0.2, 0.25) is 0 Å². The molecule has 5 rings (SSSR count). The number of fused-ring (bicyclic) bond motifs is 3. The average Bonchev–Trinajstić information content (AvgIpc) is 3.39. The summed E-state index contributed by atoms with van der Waals surface area (Å²) in [6.45, 7) is 7.61. The monoisotopic (exact) mass is 428 g/mol. The molecule has 8 heteroatoms. The number of rotatable bonds is 3. The molecule has 0 radical (unpaired) electrons. The third-order valence-corrected chi connectivity index (χ3v) is 7.48. The van der Waals surface area contributed by atoms with Crippen molar-refractivity contribution in [3.05, 3.63) is 34.5 Å². The Hall–Kier alpha value is -2.19. The van der Waals surface area contributed by atoms with Crippen molar-refractivity contribution < 1.29 is 14.1 Å². The van der Waals surface area contributed by atoms with E-state index in [1.807, 2.05) is 0 Å². The standard InChI is InChI=1S/C22H28N4O3S/c1-13-7-8-15-9-14-5-4-6-16(14)19(18(13)15)24-21(27)25-30(28)17-10-23-26-11-22(2,3)12-29-20(17)26/h9-10,13H,4-8,11-12H2,1-3H3,(H2,24,25,27)/t13-,30?/m1/s1. The first-order valence-electron chi connectivity index (χ1n) is 10.7. The van der Waals surface area contributed by atoms with Gasteiger partial charge in [-0.15, -0.1) is 4.72 Å². The van der Waals surface area contributed by atoms with Gasteiger partial charge in [-0.1, -0.05) is 26.8 Å². The van der Waals surface area contributed by atoms with Crippen LogP contribution >= 0.6 is 0 Å². The molecule has 0 saturated carbocycles. The largest absolute Gasteiger partial charge is 0.588 e. The van der Waals surface area contributed by atoms with Gasteiger partial charge in [-0.25, -0.2) is 9.48 Å². The lowest BCUT2D eigenvalue weighted by Gasteiger charge is -2.30. The van der Waals surface area contributed by atoms with E-state index >= 15 is 0 Å². The number of amides is 2. The lowest BCUT2D eigenvalue weighted by atomic mass is 9.94. The second kappa shape index (κ2) is 7.20. The number of carbonyl (C=O) groups excluding carboxylic acids is 1. The fraction of sp³-hybridized carbons (Fsp3) is 0.545. The number of aryl methyl sites for hydroxylation is 2. The van der Waals surface area contributed by atoms with E-state index in [1.165, 1.54) is 28.5 Å². The van der Waals surface area contributed by atoms with Gasteiger partial charge in [-0.2, -0.15) is 5.10 Å². The minimum atomic E-state index is -1.75. The van der Waals surface area contributed by atoms with Crippen LogP contribution in [-0.2, 0) is 37.2 Å². The van der Waals surface area contributed by atoms with Crippen LogP contribution in [0.1, 0.15) is 61.8 Å². The third kappa shape index (κ3) is 3.36. The molecule has 1 aromatic carbocycles. The van der Waals surface area contributed by atoms with Gasteiger partial charge in [0.05, 0.1) is 13.2 Å². The summed E-state index contributed by atoms with van der Waals surface area (Å²) < 4.78 is 23.0. The predicted molar refractivity (Wildman–Crippen MR) is 115 cm³/mol. The van der Waals surface area contributed by atoms with E-state index in [0.29, 0.717) is 29.8 Å². The molecule has 0 fully saturated rings. The molecule has 1 aromatic heterocycles. The molecule has 160 valence electrons. The fourth-order valence-corrected chi connectivity index (χ4v) is 5.78. The van der Waals surface area contributed by atoms with Crippen LogP contribution in [0.4, 0.5) is 10.5 Å². The predicted octanol–water partition coefficient (Wildman–Crippen LogP) is 3.68. The summed E-state index contributed by atoms with van der Waals surface area (Å²) >= 11 is -1.75. The molecule has 0 spiro atoms. The van der Waals surface area contributed by atoms with E-state index in [0.717, 1.165) is 37.8 Å². The Morgan fingerprint density at radius 1 is 1.33 bits per heavy atom. The van der Waals surface area contributed by atoms with Crippen LogP contribution in [-0.4, -0.2) is 27.0 Å². The summed E-state index contributed by atoms with van der Waals surface area (Å²) in [4.78, 5) is 13.2. The molecule has 2 atom stereocenters. The first-order chi connectivity index (χ1) is 14.3. The highest BCUT2D eigenvalue weighted by Gasteiger charge is 2.35. The molecule has 2 N–H and O–H groups in total. The highest BCUT2D eigenvalue weighted by molar-refractivity contribution is 7.90. The molecule has 1 aliphatic heterocycles. The van der Waals surface area contributed by atoms with Gasteiger partial charge in [0.2, 0.25) is 0 Å². The van der Waals surface area contributed by atoms with Crippen molar-refractivity contribution in [3.63, 3.8) is 0 Å². The number of carbonyl (C=O) groups is 1. The number of aromatic nitrogens is 2. The van der Waals surface area contributed by atoms with Gasteiger partial charge in [0.25, 0.3) is 10.8 Å². The Kier molecular flexibility index (Phi) is 4.74. The number of nitrogens with zero attached hydrogens (tertiary/aromatic N) is 2. The number of nitrogens with one attached hydrogen (secondary N) is 2. The highest BCUT2D eigenvalue weighted by atomic mass is 32.2. The first-order valence-corrected chi connectivity index (χ1v) is 11.8. The minimum Gasteiger partial charge on any atom is -0.588 e. The van der Waals surface area contributed by atoms with E-state index in [1.54, 1.807) is 4.68 Å². The van der Waals surface area contributed by atoms with E-state index < -0.39 is 17.4 Å². The van der Waals surface area contributed by atoms with Crippen LogP contribution in [0.5, 0.6) is 5.88 Å². The number of ether oxygens (including phenoxy) is 1. The summed E-state index contributed by atoms with van der Waals surface area (Å²) in [6.07, 6.45) is 6.85. The van der Waals surface area contributed by atoms with Gasteiger partial charge >= 0.3 is 6.03 Å². The van der Waals surface area contributed by atoms with Gasteiger partial charge < -0.3 is 14.6 Å². The number of hydrogen-bond acceptors (Lipinski definition) is 4. The molecule has 1 unspecified atom stereocenters. The maximum atomic E-state index is 12.9. The fourth-order valence-electron chi connectivity index (χ4n) is 4.99. The first kappa shape index (κ1) is 19.8. The molecule has 0 bridgehead atoms. The number of urea groups is 1. The number of hydrogen-bond donors (Lipinski definition) is 2. The molecule has 2 heterocycles. The summed E-state index contributed by atoms with van der Waals surface area (Å²) in [6, 6.07) is 1.88. The molecule has 30 heavy (non-hydrogen) atoms. The lowest BCUT2D eigenvalue weighted by Crippen LogP contribution is -2.36. The van der Waals surface area contributed by atoms with Crippen molar-refractivity contribution in [2.75, 3.05) is 11.9 Å². The van der Waals surface area contributed by atoms with Crippen LogP contribution in [0.15, 0.2) is 17.2 Å². The van der Waals surface area contributed by atoms with E-state index in [2.05, 4.69) is 42.0 Å². The summed E-state index contributed by atoms with van der Waals surface area (Å²) in [7, 11) is 0. The van der Waals surface area contributed by atoms with Crippen molar-refractivity contribution in [1.29, 1.82) is 0 Å². The van der Waals surface area contributed by atoms with E-state index in [9.17, 15) is 9.35 Å². The van der Waals surface area contributed by atoms with Crippen molar-refractivity contribution in [2.24, 2.45) is 5.41 Å². The van der Waals surface area contributed by atoms with E-state index in [4.69, 9.17) is 4.74 Å². The van der Waals surface area contributed by atoms with E-state index in [-0.39, 0.29) is 5.41 Å². The summed E-state index contributed by atoms with van der Waals surface area (Å²) in [5, 5.41) is 7.34. The molecule has 2 amide bonds. The quantitative estimate of drug-likeness (QED) is 0.730. The van der Waals surface area contributed by atoms with Gasteiger partial charge in [0.1, 0.15) is 17.6 Å². The lowest BCUT2D eigenvalue weighted by molar-refractivity contribution is 0.0970. The van der Waals surface area contributed by atoms with Crippen molar-refractivity contribution >= 4 is 23.1 Å². The van der Waals surface area contributed by atoms with Crippen LogP contribution < -0.4 is 14.8 Å². The zero-order valence-corrected chi connectivity index (χ0v) is 18.5. The van der Waals surface area contributed by atoms with Gasteiger partial charge in [0.15, 0.2) is 0 Å². The minimum absolute atomic E-state index is 0.0344. The molecule has 2 aliphatic carbocycles. The van der Waals surface area contributed by atoms with Crippen molar-refractivity contribution in [2.45, 2.75) is 70.2 Å². The Morgan fingerprint density at radius 2 is 2.17 bits per heavy atom. The maximum Gasteiger partial charge on any atom is 0.361 e. The molecular formula is C22H28N4O3S. The van der Waals surface area contributed by atoms with Crippen LogP contribution in [0.3, 0.4) is 0 Å². The van der Waals surface area contributed by atoms with Crippen LogP contribution in [0, 0.1) is 5.41 Å². The third-order valence-electron chi connectivity index (χ3n) is 6.43. The Balaban J connectivity index is 1.35. The number of anilines is 1. The van der Waals surface area contributed by atoms with Gasteiger partial charge in [0, 0.05) is 11.1 Å². The van der Waals surface area contributed by atoms with Crippen molar-refractivity contribution in [3.8, 4) is 5.88 Å². The summed E-state index contributed by atoms with van der Waals surface area (Å²) in [5.41, 5.74) is 6.10. The molecule has 7 nitrogen and oxygen atoms in total. The Bertz CT molecular complexity index is 1020. The second-order valence-corrected chi connectivity index (χ2v) is 10.7. The normalized spacial score (nSPS) is 21.9. The smallest absolute Gasteiger partial charge is 0.361 e. The molecular weight excluding hydrogens is 400 g/mol. The molecule has 3 aliphatic rings. The second-order valence-electron chi connectivity index (χ2n) is 9.50. The highest BCUT2D eigenvalue weighted by Crippen LogP contribution is 2.44. The zero-order chi connectivity index (χ0) is 21.0. The SMILES string of the molecule is C[C@@H]1CCc2cc3c(c(NC(=O)N[S+]([O-])c4cnn5c4OCC(C)(C)C5)c21)CCC3. The van der Waals surface area contributed by atoms with Crippen molar-refractivity contribution in [1.82, 2.24) is 14.5 Å². The Morgan fingerprint density at radius 3 is 3.00 bits per heavy atom. The van der Waals surface area contributed by atoms with Crippen LogP contribution in [0.25, 0.3) is 0 Å². The molecule has 0 saturated heterocycles. The maximum absolute atomic E-state index is 12.9. The summed E-state index contributed by atoms with van der Waals surface area (Å²) in [5.74, 6) is 0.897. The molecule has 2 aromatic rings. The Labute approximate surface area is 179 Å². The van der Waals surface area contributed by atoms with Gasteiger partial charge in [-0.05, 0) is 60.3 Å². The topological polar surface area (TPSA) is 91.2 Å². The average molecular weight is 429 g/mol. The number of benzene rings is 1. The van der Waals surface area contributed by atoms with Gasteiger partial charge in [-0.3, -0.25) is 0 Å². The zero-order valence-electron chi connectivity index (χ0n) is 17.7.